The van der Waals surface area contributed by atoms with Crippen LogP contribution in [0.4, 0.5) is 5.69 Å². The second-order valence-electron chi connectivity index (χ2n) is 5.21. The molecule has 1 aromatic rings. The third kappa shape index (κ3) is 3.63. The molecular formula is C15H22N2O2. The van der Waals surface area contributed by atoms with Gasteiger partial charge in [-0.15, -0.1) is 0 Å². The number of hydrogen-bond donors (Lipinski definition) is 2. The lowest BCUT2D eigenvalue weighted by atomic mass is 10.1. The van der Waals surface area contributed by atoms with E-state index < -0.39 is 0 Å². The molecule has 1 aliphatic carbocycles. The lowest BCUT2D eigenvalue weighted by molar-refractivity contribution is 0.0934. The maximum Gasteiger partial charge on any atom is 0.257 e. The van der Waals surface area contributed by atoms with Gasteiger partial charge in [0.1, 0.15) is 11.3 Å². The number of anilines is 1. The summed E-state index contributed by atoms with van der Waals surface area (Å²) in [6, 6.07) is 5.47. The Kier molecular flexibility index (Phi) is 4.30. The van der Waals surface area contributed by atoms with Crippen LogP contribution in [0.3, 0.4) is 0 Å². The van der Waals surface area contributed by atoms with Crippen LogP contribution >= 0.6 is 0 Å². The fourth-order valence-corrected chi connectivity index (χ4v) is 2.28. The lowest BCUT2D eigenvalue weighted by Crippen LogP contribution is -2.33. The molecule has 1 amide bonds. The molecule has 1 atom stereocenters. The molecule has 0 aromatic heterocycles. The Balaban J connectivity index is 2.08. The smallest absolute Gasteiger partial charge is 0.257 e. The van der Waals surface area contributed by atoms with Crippen molar-refractivity contribution >= 4 is 11.6 Å². The van der Waals surface area contributed by atoms with Crippen LogP contribution in [0.1, 0.15) is 43.5 Å². The molecule has 0 bridgehead atoms. The van der Waals surface area contributed by atoms with Crippen molar-refractivity contribution in [1.82, 2.24) is 5.32 Å². The number of amides is 1. The maximum absolute atomic E-state index is 12.3. The SMILES string of the molecule is CCOc1cccc(N)c1C(=O)NC(C)CC1CC1. The highest BCUT2D eigenvalue weighted by Gasteiger charge is 2.25. The van der Waals surface area contributed by atoms with Crippen LogP contribution in [0.15, 0.2) is 18.2 Å². The van der Waals surface area contributed by atoms with Crippen LogP contribution in [-0.2, 0) is 0 Å². The minimum absolute atomic E-state index is 0.144. The number of carbonyl (C=O) groups excluding carboxylic acids is 1. The van der Waals surface area contributed by atoms with Gasteiger partial charge < -0.3 is 15.8 Å². The molecule has 0 aliphatic heterocycles. The highest BCUT2D eigenvalue weighted by Crippen LogP contribution is 2.33. The van der Waals surface area contributed by atoms with Gasteiger partial charge in [0.15, 0.2) is 0 Å². The van der Waals surface area contributed by atoms with Gasteiger partial charge in [-0.3, -0.25) is 4.79 Å². The van der Waals surface area contributed by atoms with E-state index in [2.05, 4.69) is 5.32 Å². The first-order valence-electron chi connectivity index (χ1n) is 6.94. The summed E-state index contributed by atoms with van der Waals surface area (Å²) in [4.78, 5) is 12.3. The van der Waals surface area contributed by atoms with Gasteiger partial charge in [0, 0.05) is 11.7 Å². The highest BCUT2D eigenvalue weighted by molar-refractivity contribution is 6.02. The van der Waals surface area contributed by atoms with Gasteiger partial charge >= 0.3 is 0 Å². The number of nitrogens with one attached hydrogen (secondary N) is 1. The lowest BCUT2D eigenvalue weighted by Gasteiger charge is -2.16. The maximum atomic E-state index is 12.3. The first-order valence-corrected chi connectivity index (χ1v) is 6.94. The van der Waals surface area contributed by atoms with Crippen molar-refractivity contribution in [2.45, 2.75) is 39.2 Å². The first kappa shape index (κ1) is 13.7. The zero-order valence-corrected chi connectivity index (χ0v) is 11.6. The van der Waals surface area contributed by atoms with Crippen molar-refractivity contribution in [2.24, 2.45) is 5.92 Å². The van der Waals surface area contributed by atoms with Crippen molar-refractivity contribution in [1.29, 1.82) is 0 Å². The van der Waals surface area contributed by atoms with E-state index in [4.69, 9.17) is 10.5 Å². The zero-order valence-electron chi connectivity index (χ0n) is 11.6. The Bertz CT molecular complexity index is 455. The van der Waals surface area contributed by atoms with Crippen LogP contribution in [0.2, 0.25) is 0 Å². The molecule has 0 saturated heterocycles. The van der Waals surface area contributed by atoms with Gasteiger partial charge in [-0.25, -0.2) is 0 Å². The molecule has 4 heteroatoms. The molecule has 1 aromatic carbocycles. The van der Waals surface area contributed by atoms with Gasteiger partial charge in [0.05, 0.1) is 6.61 Å². The minimum Gasteiger partial charge on any atom is -0.493 e. The Morgan fingerprint density at radius 3 is 2.89 bits per heavy atom. The van der Waals surface area contributed by atoms with Gasteiger partial charge in [-0.1, -0.05) is 18.9 Å². The largest absolute Gasteiger partial charge is 0.493 e. The Hall–Kier alpha value is -1.71. The molecule has 1 saturated carbocycles. The van der Waals surface area contributed by atoms with E-state index in [0.29, 0.717) is 23.6 Å². The van der Waals surface area contributed by atoms with E-state index in [1.54, 1.807) is 18.2 Å². The highest BCUT2D eigenvalue weighted by atomic mass is 16.5. The van der Waals surface area contributed by atoms with Crippen molar-refractivity contribution in [3.63, 3.8) is 0 Å². The standard InChI is InChI=1S/C15H22N2O2/c1-3-19-13-6-4-5-12(16)14(13)15(18)17-10(2)9-11-7-8-11/h4-6,10-11H,3,7-9,16H2,1-2H3,(H,17,18). The number of nitrogen functional groups attached to an aromatic ring is 1. The summed E-state index contributed by atoms with van der Waals surface area (Å²) in [6.07, 6.45) is 3.62. The van der Waals surface area contributed by atoms with E-state index in [9.17, 15) is 4.79 Å². The van der Waals surface area contributed by atoms with Crippen LogP contribution in [-0.4, -0.2) is 18.6 Å². The number of benzene rings is 1. The number of nitrogens with two attached hydrogens (primary N) is 1. The molecule has 19 heavy (non-hydrogen) atoms. The van der Waals surface area contributed by atoms with Gasteiger partial charge in [-0.05, 0) is 38.3 Å². The molecule has 0 radical (unpaired) electrons. The summed E-state index contributed by atoms with van der Waals surface area (Å²) in [6.45, 7) is 4.44. The molecule has 1 fully saturated rings. The minimum atomic E-state index is -0.144. The third-order valence-electron chi connectivity index (χ3n) is 3.35. The molecule has 3 N–H and O–H groups in total. The summed E-state index contributed by atoms with van der Waals surface area (Å²) in [5.41, 5.74) is 6.81. The van der Waals surface area contributed by atoms with Crippen molar-refractivity contribution in [3.05, 3.63) is 23.8 Å². The van der Waals surface area contributed by atoms with Crippen LogP contribution in [0, 0.1) is 5.92 Å². The summed E-state index contributed by atoms with van der Waals surface area (Å²) >= 11 is 0. The second-order valence-corrected chi connectivity index (χ2v) is 5.21. The quantitative estimate of drug-likeness (QED) is 0.774. The number of hydrogen-bond acceptors (Lipinski definition) is 3. The summed E-state index contributed by atoms with van der Waals surface area (Å²) in [5.74, 6) is 1.20. The van der Waals surface area contributed by atoms with E-state index in [1.807, 2.05) is 13.8 Å². The fourth-order valence-electron chi connectivity index (χ4n) is 2.28. The molecule has 104 valence electrons. The van der Waals surface area contributed by atoms with Crippen LogP contribution in [0.5, 0.6) is 5.75 Å². The van der Waals surface area contributed by atoms with E-state index >= 15 is 0 Å². The summed E-state index contributed by atoms with van der Waals surface area (Å²) in [5, 5.41) is 3.01. The van der Waals surface area contributed by atoms with E-state index in [1.165, 1.54) is 12.8 Å². The third-order valence-corrected chi connectivity index (χ3v) is 3.35. The Morgan fingerprint density at radius 2 is 2.26 bits per heavy atom. The van der Waals surface area contributed by atoms with E-state index in [-0.39, 0.29) is 11.9 Å². The molecule has 0 spiro atoms. The van der Waals surface area contributed by atoms with Gasteiger partial charge in [0.2, 0.25) is 0 Å². The molecule has 4 nitrogen and oxygen atoms in total. The summed E-state index contributed by atoms with van der Waals surface area (Å²) in [7, 11) is 0. The van der Waals surface area contributed by atoms with Crippen molar-refractivity contribution < 1.29 is 9.53 Å². The summed E-state index contributed by atoms with van der Waals surface area (Å²) < 4.78 is 5.47. The normalized spacial score (nSPS) is 15.9. The number of ether oxygens (including phenoxy) is 1. The zero-order chi connectivity index (χ0) is 13.8. The van der Waals surface area contributed by atoms with E-state index in [0.717, 1.165) is 12.3 Å². The average molecular weight is 262 g/mol. The monoisotopic (exact) mass is 262 g/mol. The number of carbonyl (C=O) groups is 1. The van der Waals surface area contributed by atoms with Crippen LogP contribution in [0.25, 0.3) is 0 Å². The van der Waals surface area contributed by atoms with Crippen molar-refractivity contribution in [3.8, 4) is 5.75 Å². The first-order chi connectivity index (χ1) is 9.11. The van der Waals surface area contributed by atoms with Gasteiger partial charge in [0.25, 0.3) is 5.91 Å². The second kappa shape index (κ2) is 5.95. The average Bonchev–Trinajstić information content (AvgIpc) is 3.13. The molecule has 0 heterocycles. The molecule has 2 rings (SSSR count). The predicted octanol–water partition coefficient (Wildman–Crippen LogP) is 2.59. The van der Waals surface area contributed by atoms with Gasteiger partial charge in [-0.2, -0.15) is 0 Å². The molecular weight excluding hydrogens is 240 g/mol. The fraction of sp³-hybridized carbons (Fsp3) is 0.533. The topological polar surface area (TPSA) is 64.3 Å². The van der Waals surface area contributed by atoms with Crippen LogP contribution < -0.4 is 15.8 Å². The Morgan fingerprint density at radius 1 is 1.53 bits per heavy atom. The van der Waals surface area contributed by atoms with Crippen molar-refractivity contribution in [2.75, 3.05) is 12.3 Å². The predicted molar refractivity (Wildman–Crippen MR) is 76.3 cm³/mol. The molecule has 1 unspecified atom stereocenters. The molecule has 1 aliphatic rings. The number of rotatable bonds is 6. The Labute approximate surface area is 114 Å².